The zero-order valence-electron chi connectivity index (χ0n) is 17.1. The van der Waals surface area contributed by atoms with Gasteiger partial charge < -0.3 is 18.3 Å². The Morgan fingerprint density at radius 3 is 2.58 bits per heavy atom. The van der Waals surface area contributed by atoms with Crippen LogP contribution in [0.5, 0.6) is 11.5 Å². The number of nitrogens with zero attached hydrogens (tertiary/aromatic N) is 2. The minimum Gasteiger partial charge on any atom is -0.493 e. The van der Waals surface area contributed by atoms with Crippen molar-refractivity contribution in [1.29, 1.82) is 0 Å². The highest BCUT2D eigenvalue weighted by Crippen LogP contribution is 2.34. The summed E-state index contributed by atoms with van der Waals surface area (Å²) in [6.45, 7) is 0. The minimum atomic E-state index is -0.349. The summed E-state index contributed by atoms with van der Waals surface area (Å²) in [6, 6.07) is 11.1. The molecule has 2 aromatic carbocycles. The van der Waals surface area contributed by atoms with E-state index in [0.717, 1.165) is 35.8 Å². The van der Waals surface area contributed by atoms with Gasteiger partial charge in [-0.2, -0.15) is 0 Å². The fourth-order valence-electron chi connectivity index (χ4n) is 3.91. The molecule has 0 amide bonds. The van der Waals surface area contributed by atoms with Crippen molar-refractivity contribution in [3.05, 3.63) is 63.5 Å². The van der Waals surface area contributed by atoms with Crippen molar-refractivity contribution in [3.63, 3.8) is 0 Å². The Bertz CT molecular complexity index is 1330. The Morgan fingerprint density at radius 1 is 0.968 bits per heavy atom. The van der Waals surface area contributed by atoms with Crippen LogP contribution in [0.15, 0.2) is 55.2 Å². The van der Waals surface area contributed by atoms with Gasteiger partial charge in [0, 0.05) is 22.8 Å². The maximum absolute atomic E-state index is 12.1. The van der Waals surface area contributed by atoms with Crippen molar-refractivity contribution in [2.75, 3.05) is 14.2 Å². The molecule has 0 N–H and O–H groups in total. The fourth-order valence-corrected chi connectivity index (χ4v) is 4.66. The molecule has 1 aliphatic carbocycles. The number of fused-ring (bicyclic) bond motifs is 2. The molecular formula is C23H20N2O5S. The molecular weight excluding hydrogens is 416 g/mol. The normalized spacial score (nSPS) is 12.8. The highest BCUT2D eigenvalue weighted by Gasteiger charge is 2.17. The molecule has 0 fully saturated rings. The van der Waals surface area contributed by atoms with Gasteiger partial charge in [-0.15, -0.1) is 10.2 Å². The van der Waals surface area contributed by atoms with Crippen molar-refractivity contribution in [1.82, 2.24) is 10.2 Å². The zero-order chi connectivity index (χ0) is 21.4. The third-order valence-electron chi connectivity index (χ3n) is 5.43. The first-order valence-electron chi connectivity index (χ1n) is 9.92. The molecule has 2 heterocycles. The molecule has 0 saturated heterocycles. The summed E-state index contributed by atoms with van der Waals surface area (Å²) < 4.78 is 21.9. The Hall–Kier alpha value is -3.26. The molecule has 0 radical (unpaired) electrons. The molecule has 0 atom stereocenters. The number of thioether (sulfide) groups is 1. The molecule has 0 unspecified atom stereocenters. The Balaban J connectivity index is 1.40. The molecule has 0 bridgehead atoms. The van der Waals surface area contributed by atoms with Gasteiger partial charge in [0.25, 0.3) is 5.22 Å². The second-order valence-electron chi connectivity index (χ2n) is 7.29. The van der Waals surface area contributed by atoms with Gasteiger partial charge in [0.2, 0.25) is 5.89 Å². The van der Waals surface area contributed by atoms with Crippen LogP contribution in [0.3, 0.4) is 0 Å². The summed E-state index contributed by atoms with van der Waals surface area (Å²) in [4.78, 5) is 12.1. The smallest absolute Gasteiger partial charge is 0.336 e. The van der Waals surface area contributed by atoms with E-state index in [-0.39, 0.29) is 5.63 Å². The number of aryl methyl sites for hydroxylation is 2. The average molecular weight is 436 g/mol. The second-order valence-corrected chi connectivity index (χ2v) is 8.22. The molecule has 7 nitrogen and oxygen atoms in total. The molecule has 0 aliphatic heterocycles. The number of benzene rings is 2. The SMILES string of the molecule is COc1ccc(-c2nnc(SCc3cc(=O)oc4cc5c(cc34)CCC5)o2)cc1OC. The van der Waals surface area contributed by atoms with Crippen LogP contribution in [0.1, 0.15) is 23.1 Å². The first-order valence-corrected chi connectivity index (χ1v) is 10.9. The van der Waals surface area contributed by atoms with E-state index in [2.05, 4.69) is 16.3 Å². The van der Waals surface area contributed by atoms with Crippen LogP contribution in [0, 0.1) is 0 Å². The first-order chi connectivity index (χ1) is 15.1. The average Bonchev–Trinajstić information content (AvgIpc) is 3.44. The molecule has 2 aromatic heterocycles. The van der Waals surface area contributed by atoms with Crippen molar-refractivity contribution < 1.29 is 18.3 Å². The van der Waals surface area contributed by atoms with Gasteiger partial charge in [0.1, 0.15) is 5.58 Å². The van der Waals surface area contributed by atoms with E-state index in [1.807, 2.05) is 12.1 Å². The van der Waals surface area contributed by atoms with Gasteiger partial charge in [-0.05, 0) is 66.3 Å². The quantitative estimate of drug-likeness (QED) is 0.319. The van der Waals surface area contributed by atoms with E-state index in [1.165, 1.54) is 22.9 Å². The van der Waals surface area contributed by atoms with Crippen LogP contribution in [-0.2, 0) is 18.6 Å². The summed E-state index contributed by atoms with van der Waals surface area (Å²) in [5, 5.41) is 9.67. The molecule has 4 aromatic rings. The number of hydrogen-bond donors (Lipinski definition) is 0. The van der Waals surface area contributed by atoms with Gasteiger partial charge in [-0.25, -0.2) is 4.79 Å². The maximum atomic E-state index is 12.1. The zero-order valence-corrected chi connectivity index (χ0v) is 18.0. The summed E-state index contributed by atoms with van der Waals surface area (Å²) in [5.41, 5.74) is 4.53. The van der Waals surface area contributed by atoms with Crippen LogP contribution in [-0.4, -0.2) is 24.4 Å². The van der Waals surface area contributed by atoms with E-state index in [9.17, 15) is 4.79 Å². The van der Waals surface area contributed by atoms with Crippen molar-refractivity contribution in [3.8, 4) is 23.0 Å². The van der Waals surface area contributed by atoms with Crippen molar-refractivity contribution in [2.45, 2.75) is 30.2 Å². The molecule has 158 valence electrons. The first kappa shape index (κ1) is 19.7. The minimum absolute atomic E-state index is 0.349. The lowest BCUT2D eigenvalue weighted by atomic mass is 10.0. The molecule has 0 spiro atoms. The predicted molar refractivity (Wildman–Crippen MR) is 117 cm³/mol. The molecule has 5 rings (SSSR count). The second kappa shape index (κ2) is 8.11. The van der Waals surface area contributed by atoms with Crippen molar-refractivity contribution >= 4 is 22.7 Å². The van der Waals surface area contributed by atoms with Gasteiger partial charge in [-0.1, -0.05) is 11.8 Å². The van der Waals surface area contributed by atoms with Gasteiger partial charge in [0.05, 0.1) is 14.2 Å². The maximum Gasteiger partial charge on any atom is 0.336 e. The Labute approximate surface area is 182 Å². The summed E-state index contributed by atoms with van der Waals surface area (Å²) in [6.07, 6.45) is 3.24. The van der Waals surface area contributed by atoms with Gasteiger partial charge in [-0.3, -0.25) is 0 Å². The van der Waals surface area contributed by atoms with Crippen molar-refractivity contribution in [2.24, 2.45) is 0 Å². The predicted octanol–water partition coefficient (Wildman–Crippen LogP) is 4.64. The van der Waals surface area contributed by atoms with Crippen LogP contribution in [0.25, 0.3) is 22.4 Å². The number of ether oxygens (including phenoxy) is 2. The Kier molecular flexibility index (Phi) is 5.15. The number of hydrogen-bond acceptors (Lipinski definition) is 8. The summed E-state index contributed by atoms with van der Waals surface area (Å²) >= 11 is 1.39. The van der Waals surface area contributed by atoms with E-state index in [4.69, 9.17) is 18.3 Å². The van der Waals surface area contributed by atoms with E-state index in [1.54, 1.807) is 32.4 Å². The molecule has 31 heavy (non-hydrogen) atoms. The van der Waals surface area contributed by atoms with Crippen LogP contribution in [0.4, 0.5) is 0 Å². The van der Waals surface area contributed by atoms with Crippen LogP contribution < -0.4 is 15.1 Å². The third-order valence-corrected chi connectivity index (χ3v) is 6.30. The molecule has 0 saturated carbocycles. The largest absolute Gasteiger partial charge is 0.493 e. The fraction of sp³-hybridized carbons (Fsp3) is 0.261. The van der Waals surface area contributed by atoms with Gasteiger partial charge in [0.15, 0.2) is 11.5 Å². The lowest BCUT2D eigenvalue weighted by Crippen LogP contribution is -2.01. The third kappa shape index (κ3) is 3.79. The van der Waals surface area contributed by atoms with Crippen LogP contribution >= 0.6 is 11.8 Å². The number of methoxy groups -OCH3 is 2. The highest BCUT2D eigenvalue weighted by molar-refractivity contribution is 7.98. The Morgan fingerprint density at radius 2 is 1.77 bits per heavy atom. The topological polar surface area (TPSA) is 87.6 Å². The monoisotopic (exact) mass is 436 g/mol. The number of rotatable bonds is 6. The molecule has 1 aliphatic rings. The summed E-state index contributed by atoms with van der Waals surface area (Å²) in [7, 11) is 3.16. The number of aromatic nitrogens is 2. The standard InChI is InChI=1S/C23H20N2O5S/c1-27-18-7-6-15(10-20(18)28-2)22-24-25-23(30-22)31-12-16-11-21(26)29-19-9-14-5-3-4-13(14)8-17(16)19/h6-11H,3-5,12H2,1-2H3. The lowest BCUT2D eigenvalue weighted by molar-refractivity contribution is 0.355. The molecule has 8 heteroatoms. The van der Waals surface area contributed by atoms with Gasteiger partial charge >= 0.3 is 5.63 Å². The lowest BCUT2D eigenvalue weighted by Gasteiger charge is -2.07. The van der Waals surface area contributed by atoms with E-state index < -0.39 is 0 Å². The highest BCUT2D eigenvalue weighted by atomic mass is 32.2. The van der Waals surface area contributed by atoms with E-state index >= 15 is 0 Å². The summed E-state index contributed by atoms with van der Waals surface area (Å²) in [5.74, 6) is 2.12. The van der Waals surface area contributed by atoms with E-state index in [0.29, 0.717) is 33.9 Å². The van der Waals surface area contributed by atoms with Crippen LogP contribution in [0.2, 0.25) is 0 Å².